The lowest BCUT2D eigenvalue weighted by Gasteiger charge is -2.29. The molecule has 1 aromatic carbocycles. The van der Waals surface area contributed by atoms with Crippen LogP contribution in [0.3, 0.4) is 0 Å². The van der Waals surface area contributed by atoms with E-state index in [9.17, 15) is 92.7 Å². The number of aliphatic hydroxyl groups is 3. The van der Waals surface area contributed by atoms with Gasteiger partial charge in [0.05, 0.1) is 32.4 Å². The predicted octanol–water partition coefficient (Wildman–Crippen LogP) is -9.54. The molecule has 0 saturated carbocycles. The maximum absolute atomic E-state index is 14.1. The highest BCUT2D eigenvalue weighted by Crippen LogP contribution is 2.15. The number of carboxylic acid groups (broad SMARTS) is 1. The molecule has 1 rings (SSSR count). The highest BCUT2D eigenvalue weighted by molar-refractivity contribution is 6.00. The fourth-order valence-corrected chi connectivity index (χ4v) is 9.69. The number of guanidine groups is 3. The summed E-state index contributed by atoms with van der Waals surface area (Å²) in [5, 5.41) is 112. The molecule has 0 spiro atoms. The quantitative estimate of drug-likeness (QED) is 0.0164. The molecule has 0 radical (unpaired) electrons. The van der Waals surface area contributed by atoms with Gasteiger partial charge in [0.15, 0.2) is 17.9 Å². The van der Waals surface area contributed by atoms with Crippen molar-refractivity contribution in [3.05, 3.63) is 29.8 Å². The van der Waals surface area contributed by atoms with Gasteiger partial charge in [0.1, 0.15) is 78.3 Å². The molecule has 0 bridgehead atoms. The molecule has 13 amide bonds. The Morgan fingerprint density at radius 3 is 1.14 bits per heavy atom. The van der Waals surface area contributed by atoms with E-state index in [1.54, 1.807) is 27.7 Å². The number of aromatic hydroxyl groups is 1. The summed E-state index contributed by atoms with van der Waals surface area (Å²) in [5.41, 5.74) is 21.8. The number of phenolic OH excluding ortho intramolecular Hbond substituents is 1. The van der Waals surface area contributed by atoms with Crippen LogP contribution in [0.15, 0.2) is 24.3 Å². The largest absolute Gasteiger partial charge is 0.508 e. The van der Waals surface area contributed by atoms with Gasteiger partial charge in [-0.15, -0.1) is 0 Å². The molecule has 0 unspecified atom stereocenters. The van der Waals surface area contributed by atoms with Crippen LogP contribution in [0.1, 0.15) is 113 Å². The lowest BCUT2D eigenvalue weighted by Crippen LogP contribution is -2.62. The summed E-state index contributed by atoms with van der Waals surface area (Å²) in [6.45, 7) is 10.1. The maximum Gasteiger partial charge on any atom is 0.326 e. The molecular weight excluding hydrogens is 1380 g/mol. The third-order valence-electron chi connectivity index (χ3n) is 15.5. The van der Waals surface area contributed by atoms with Gasteiger partial charge < -0.3 is 134 Å². The summed E-state index contributed by atoms with van der Waals surface area (Å²) < 4.78 is 0. The second kappa shape index (κ2) is 47.5. The van der Waals surface area contributed by atoms with Gasteiger partial charge in [-0.2, -0.15) is 0 Å². The molecule has 42 heteroatoms. The average Bonchev–Trinajstić information content (AvgIpc) is 0.857. The summed E-state index contributed by atoms with van der Waals surface area (Å²) >= 11 is 0. The zero-order valence-electron chi connectivity index (χ0n) is 60.4. The first-order valence-electron chi connectivity index (χ1n) is 33.9. The Morgan fingerprint density at radius 2 is 0.752 bits per heavy atom. The van der Waals surface area contributed by atoms with Gasteiger partial charge in [0.2, 0.25) is 76.8 Å². The number of phenols is 1. The number of aliphatic carboxylic acids is 1. The molecule has 0 fully saturated rings. The molecule has 105 heavy (non-hydrogen) atoms. The van der Waals surface area contributed by atoms with Gasteiger partial charge in [0.25, 0.3) is 0 Å². The lowest BCUT2D eigenvalue weighted by molar-refractivity contribution is -0.142. The topological polar surface area (TPSA) is 708 Å². The van der Waals surface area contributed by atoms with Crippen LogP contribution in [-0.2, 0) is 73.5 Å². The molecule has 13 atom stereocenters. The molecule has 0 aromatic heterocycles. The molecule has 1 aromatic rings. The average molecular weight is 1490 g/mol. The molecule has 0 aliphatic rings. The number of carbonyl (C=O) groups is 14. The summed E-state index contributed by atoms with van der Waals surface area (Å²) in [6, 6.07) is -13.2. The number of rotatable bonds is 48. The van der Waals surface area contributed by atoms with Crippen LogP contribution in [0.2, 0.25) is 0 Å². The number of nitrogens with two attached hydrogens (primary N) is 4. The van der Waals surface area contributed by atoms with Crippen molar-refractivity contribution in [1.29, 1.82) is 16.2 Å². The van der Waals surface area contributed by atoms with Crippen molar-refractivity contribution in [2.24, 2.45) is 40.7 Å². The van der Waals surface area contributed by atoms with E-state index in [4.69, 9.17) is 39.2 Å². The Labute approximate surface area is 607 Å². The first kappa shape index (κ1) is 92.3. The standard InChI is InChI=1S/C63H109N23O19/c1-29(2)23-40(54(98)79-39(60(104)105)15-12-22-73-63(69)70)80-51(95)37(13-10-20-71-61(65)66)77-58(102)47(31(5)6)85-49(93)32(7)76-55(99)42(27-87)83-56(100)43(28-88)82-52(96)38(14-11-21-72-62(67)68)78-59(103)48(34(9)89)86-50(94)33(8)75-53(97)41(24-35-16-18-36(90)19-17-35)81-57(101)46(30(3)4)84-45(92)26-74-44(91)25-64/h16-19,29-34,37-43,46-48,87-90H,10-15,20-28,64H2,1-9H3,(H,74,91)(H,75,97)(H,76,99)(H,77,102)(H,78,103)(H,79,98)(H,80,95)(H,81,101)(H,82,96)(H,83,100)(H,84,92)(H,85,93)(H,86,94)(H,104,105)(H4,65,66,71)(H4,67,68,72)(H4,69,70,73)/t32-,33-,34+,37-,38-,39-,40-,41-,42-,43-,46-,47-,48-/m0/s1. The van der Waals surface area contributed by atoms with E-state index in [1.807, 2.05) is 0 Å². The molecule has 0 saturated heterocycles. The lowest BCUT2D eigenvalue weighted by atomic mass is 10.00. The van der Waals surface area contributed by atoms with Crippen LogP contribution in [-0.4, -0.2) is 251 Å². The van der Waals surface area contributed by atoms with Crippen LogP contribution in [0, 0.1) is 34.0 Å². The molecule has 32 N–H and O–H groups in total. The van der Waals surface area contributed by atoms with E-state index in [0.717, 1.165) is 6.92 Å². The van der Waals surface area contributed by atoms with E-state index < -0.39 is 211 Å². The number of amides is 13. The van der Waals surface area contributed by atoms with Gasteiger partial charge >= 0.3 is 5.97 Å². The highest BCUT2D eigenvalue weighted by atomic mass is 16.4. The first-order chi connectivity index (χ1) is 49.2. The van der Waals surface area contributed by atoms with E-state index in [0.29, 0.717) is 5.56 Å². The summed E-state index contributed by atoms with van der Waals surface area (Å²) in [7, 11) is 0. The van der Waals surface area contributed by atoms with Crippen molar-refractivity contribution in [2.45, 2.75) is 192 Å². The smallest absolute Gasteiger partial charge is 0.326 e. The van der Waals surface area contributed by atoms with E-state index in [-0.39, 0.29) is 88.6 Å². The Kier molecular flexibility index (Phi) is 41.7. The number of carboxylic acids is 1. The van der Waals surface area contributed by atoms with Gasteiger partial charge in [-0.05, 0) is 101 Å². The van der Waals surface area contributed by atoms with E-state index >= 15 is 0 Å². The molecular formula is C63H109N23O19. The minimum atomic E-state index is -1.94. The second-order valence-corrected chi connectivity index (χ2v) is 25.8. The van der Waals surface area contributed by atoms with Crippen LogP contribution in [0.25, 0.3) is 0 Å². The number of hydrogen-bond donors (Lipinski definition) is 28. The van der Waals surface area contributed by atoms with Gasteiger partial charge in [0, 0.05) is 26.1 Å². The van der Waals surface area contributed by atoms with Gasteiger partial charge in [-0.3, -0.25) is 78.6 Å². The van der Waals surface area contributed by atoms with Crippen LogP contribution in [0.4, 0.5) is 0 Å². The summed E-state index contributed by atoms with van der Waals surface area (Å²) in [4.78, 5) is 189. The SMILES string of the molecule is CC(C)C[C@H](NC(=O)[C@H](CCCNC(=N)N)NC(=O)[C@@H](NC(=O)[C@H](C)NC(=O)[C@H](CO)NC(=O)[C@H](CO)NC(=O)[C@H](CCCNC(=N)N)NC(=O)[C@@H](NC(=O)[C@H](C)NC(=O)[C@H](Cc1ccc(O)cc1)NC(=O)[C@@H](NC(=O)CNC(=O)CN)C(C)C)[C@@H](C)O)C(C)C)C(=O)N[C@@H](CCCNC(=N)N)C(=O)O. The Balaban J connectivity index is 3.37. The fraction of sp³-hybridized carbons (Fsp3) is 0.635. The first-order valence-corrected chi connectivity index (χ1v) is 33.9. The second-order valence-electron chi connectivity index (χ2n) is 25.8. The van der Waals surface area contributed by atoms with Crippen molar-refractivity contribution < 1.29 is 92.7 Å². The van der Waals surface area contributed by atoms with Crippen molar-refractivity contribution in [3.8, 4) is 5.75 Å². The van der Waals surface area contributed by atoms with Crippen molar-refractivity contribution in [3.63, 3.8) is 0 Å². The van der Waals surface area contributed by atoms with Crippen LogP contribution >= 0.6 is 0 Å². The van der Waals surface area contributed by atoms with Crippen LogP contribution in [0.5, 0.6) is 5.75 Å². The normalized spacial score (nSPS) is 14.7. The number of hydrogen-bond acceptors (Lipinski definition) is 22. The minimum absolute atomic E-state index is 0.0189. The summed E-state index contributed by atoms with van der Waals surface area (Å²) in [6.07, 6.45) is -2.19. The Hall–Kier alpha value is -10.7. The zero-order valence-corrected chi connectivity index (χ0v) is 60.4. The molecule has 590 valence electrons. The zero-order chi connectivity index (χ0) is 80.0. The monoisotopic (exact) mass is 1490 g/mol. The molecule has 0 aliphatic carbocycles. The fourth-order valence-electron chi connectivity index (χ4n) is 9.69. The van der Waals surface area contributed by atoms with E-state index in [2.05, 4.69) is 85.1 Å². The Morgan fingerprint density at radius 1 is 0.410 bits per heavy atom. The molecule has 0 heterocycles. The van der Waals surface area contributed by atoms with Crippen molar-refractivity contribution in [1.82, 2.24) is 85.1 Å². The molecule has 0 aliphatic heterocycles. The number of benzene rings is 1. The Bertz CT molecular complexity index is 3140. The van der Waals surface area contributed by atoms with Crippen molar-refractivity contribution in [2.75, 3.05) is 45.9 Å². The van der Waals surface area contributed by atoms with Crippen LogP contribution < -0.4 is 108 Å². The number of carbonyl (C=O) groups excluding carboxylic acids is 13. The third-order valence-corrected chi connectivity index (χ3v) is 15.5. The highest BCUT2D eigenvalue weighted by Gasteiger charge is 2.38. The minimum Gasteiger partial charge on any atom is -0.508 e. The number of nitrogens with one attached hydrogen (secondary N) is 19. The predicted molar refractivity (Wildman–Crippen MR) is 378 cm³/mol. The maximum atomic E-state index is 14.1. The summed E-state index contributed by atoms with van der Waals surface area (Å²) in [5.74, 6) is -17.0. The van der Waals surface area contributed by atoms with E-state index in [1.165, 1.54) is 52.0 Å². The third kappa shape index (κ3) is 35.8. The molecule has 42 nitrogen and oxygen atoms in total. The van der Waals surface area contributed by atoms with Gasteiger partial charge in [-0.25, -0.2) is 4.79 Å². The van der Waals surface area contributed by atoms with Crippen molar-refractivity contribution >= 4 is 101 Å². The van der Waals surface area contributed by atoms with Gasteiger partial charge in [-0.1, -0.05) is 53.7 Å². The number of aliphatic hydroxyl groups excluding tert-OH is 3.